The van der Waals surface area contributed by atoms with Crippen LogP contribution in [0.3, 0.4) is 0 Å². The Morgan fingerprint density at radius 3 is 2.65 bits per heavy atom. The molecule has 2 N–H and O–H groups in total. The van der Waals surface area contributed by atoms with Crippen LogP contribution >= 0.6 is 0 Å². The van der Waals surface area contributed by atoms with Gasteiger partial charge in [0, 0.05) is 17.2 Å². The zero-order valence-corrected chi connectivity index (χ0v) is 9.30. The van der Waals surface area contributed by atoms with E-state index in [-0.39, 0.29) is 23.7 Å². The van der Waals surface area contributed by atoms with Gasteiger partial charge in [-0.2, -0.15) is 0 Å². The molecule has 4 nitrogen and oxygen atoms in total. The highest BCUT2D eigenvalue weighted by molar-refractivity contribution is 5.95. The van der Waals surface area contributed by atoms with E-state index in [4.69, 9.17) is 4.74 Å². The molecule has 17 heavy (non-hydrogen) atoms. The SMILES string of the molecule is CCC(=O)Oc1ccc2c(O)cccc2c1O. The molecule has 0 saturated carbocycles. The molecule has 0 spiro atoms. The summed E-state index contributed by atoms with van der Waals surface area (Å²) < 4.78 is 4.97. The fourth-order valence-corrected chi connectivity index (χ4v) is 1.58. The number of rotatable bonds is 2. The van der Waals surface area contributed by atoms with Crippen LogP contribution in [0.15, 0.2) is 30.3 Å². The van der Waals surface area contributed by atoms with Crippen LogP contribution in [0.1, 0.15) is 13.3 Å². The van der Waals surface area contributed by atoms with Crippen molar-refractivity contribution in [3.05, 3.63) is 30.3 Å². The Morgan fingerprint density at radius 1 is 1.18 bits per heavy atom. The second-order valence-corrected chi connectivity index (χ2v) is 3.61. The molecule has 0 radical (unpaired) electrons. The van der Waals surface area contributed by atoms with E-state index in [0.29, 0.717) is 10.8 Å². The van der Waals surface area contributed by atoms with Gasteiger partial charge in [-0.1, -0.05) is 19.1 Å². The first-order valence-corrected chi connectivity index (χ1v) is 5.27. The lowest BCUT2D eigenvalue weighted by Crippen LogP contribution is -2.05. The predicted octanol–water partition coefficient (Wildman–Crippen LogP) is 2.57. The standard InChI is InChI=1S/C13H12O4/c1-2-12(15)17-11-7-6-8-9(13(11)16)4-3-5-10(8)14/h3-7,14,16H,2H2,1H3. The maximum atomic E-state index is 11.2. The third-order valence-corrected chi connectivity index (χ3v) is 2.49. The van der Waals surface area contributed by atoms with Crippen molar-refractivity contribution >= 4 is 16.7 Å². The van der Waals surface area contributed by atoms with E-state index in [2.05, 4.69) is 0 Å². The van der Waals surface area contributed by atoms with Gasteiger partial charge >= 0.3 is 5.97 Å². The summed E-state index contributed by atoms with van der Waals surface area (Å²) in [4.78, 5) is 11.2. The van der Waals surface area contributed by atoms with Crippen molar-refractivity contribution in [2.75, 3.05) is 0 Å². The number of ether oxygens (including phenoxy) is 1. The van der Waals surface area contributed by atoms with E-state index < -0.39 is 5.97 Å². The Bertz CT molecular complexity index is 575. The topological polar surface area (TPSA) is 66.8 Å². The van der Waals surface area contributed by atoms with Crippen LogP contribution in [0.4, 0.5) is 0 Å². The van der Waals surface area contributed by atoms with Gasteiger partial charge in [0.1, 0.15) is 5.75 Å². The van der Waals surface area contributed by atoms with Crippen molar-refractivity contribution in [2.24, 2.45) is 0 Å². The van der Waals surface area contributed by atoms with E-state index in [1.165, 1.54) is 12.1 Å². The van der Waals surface area contributed by atoms with E-state index in [1.54, 1.807) is 25.1 Å². The number of hydrogen-bond donors (Lipinski definition) is 2. The van der Waals surface area contributed by atoms with Gasteiger partial charge in [-0.15, -0.1) is 0 Å². The molecular formula is C13H12O4. The normalized spacial score (nSPS) is 10.4. The highest BCUT2D eigenvalue weighted by Gasteiger charge is 2.12. The molecule has 0 fully saturated rings. The van der Waals surface area contributed by atoms with E-state index in [9.17, 15) is 15.0 Å². The third-order valence-electron chi connectivity index (χ3n) is 2.49. The summed E-state index contributed by atoms with van der Waals surface area (Å²) in [5, 5.41) is 20.5. The average Bonchev–Trinajstić information content (AvgIpc) is 2.33. The van der Waals surface area contributed by atoms with Crippen molar-refractivity contribution in [3.63, 3.8) is 0 Å². The molecule has 0 aliphatic rings. The molecular weight excluding hydrogens is 220 g/mol. The van der Waals surface area contributed by atoms with Crippen LogP contribution in [0.5, 0.6) is 17.2 Å². The minimum atomic E-state index is -0.417. The average molecular weight is 232 g/mol. The molecule has 4 heteroatoms. The van der Waals surface area contributed by atoms with Gasteiger partial charge in [-0.3, -0.25) is 4.79 Å². The van der Waals surface area contributed by atoms with Crippen molar-refractivity contribution in [1.82, 2.24) is 0 Å². The lowest BCUT2D eigenvalue weighted by molar-refractivity contribution is -0.134. The summed E-state index contributed by atoms with van der Waals surface area (Å²) in [5.41, 5.74) is 0. The summed E-state index contributed by atoms with van der Waals surface area (Å²) in [7, 11) is 0. The molecule has 2 aromatic carbocycles. The number of esters is 1. The number of benzene rings is 2. The van der Waals surface area contributed by atoms with Crippen molar-refractivity contribution < 1.29 is 19.7 Å². The number of phenolic OH excluding ortho intramolecular Hbond substituents is 2. The zero-order chi connectivity index (χ0) is 12.4. The van der Waals surface area contributed by atoms with Gasteiger partial charge in [0.15, 0.2) is 11.5 Å². The van der Waals surface area contributed by atoms with Crippen LogP contribution in [-0.2, 0) is 4.79 Å². The predicted molar refractivity (Wildman–Crippen MR) is 63.2 cm³/mol. The molecule has 0 saturated heterocycles. The second-order valence-electron chi connectivity index (χ2n) is 3.61. The number of carbonyl (C=O) groups excluding carboxylic acids is 1. The molecule has 2 aromatic rings. The molecule has 0 amide bonds. The van der Waals surface area contributed by atoms with Crippen LogP contribution in [0, 0.1) is 0 Å². The van der Waals surface area contributed by atoms with Crippen molar-refractivity contribution in [3.8, 4) is 17.2 Å². The molecule has 88 valence electrons. The molecule has 0 atom stereocenters. The summed E-state index contributed by atoms with van der Waals surface area (Å²) in [6.45, 7) is 1.67. The fraction of sp³-hybridized carbons (Fsp3) is 0.154. The van der Waals surface area contributed by atoms with Gasteiger partial charge in [0.2, 0.25) is 0 Å². The smallest absolute Gasteiger partial charge is 0.311 e. The third kappa shape index (κ3) is 2.01. The largest absolute Gasteiger partial charge is 0.507 e. The summed E-state index contributed by atoms with van der Waals surface area (Å²) in [6, 6.07) is 7.85. The Hall–Kier alpha value is -2.23. The highest BCUT2D eigenvalue weighted by atomic mass is 16.5. The summed E-state index contributed by atoms with van der Waals surface area (Å²) in [6.07, 6.45) is 0.234. The molecule has 0 aliphatic carbocycles. The molecule has 0 unspecified atom stereocenters. The van der Waals surface area contributed by atoms with Crippen LogP contribution in [0.25, 0.3) is 10.8 Å². The first kappa shape index (κ1) is 11.3. The van der Waals surface area contributed by atoms with E-state index >= 15 is 0 Å². The van der Waals surface area contributed by atoms with Gasteiger partial charge in [0.25, 0.3) is 0 Å². The van der Waals surface area contributed by atoms with Crippen molar-refractivity contribution in [1.29, 1.82) is 0 Å². The lowest BCUT2D eigenvalue weighted by atomic mass is 10.1. The van der Waals surface area contributed by atoms with Gasteiger partial charge in [0.05, 0.1) is 0 Å². The Morgan fingerprint density at radius 2 is 1.94 bits per heavy atom. The molecule has 0 bridgehead atoms. The maximum Gasteiger partial charge on any atom is 0.311 e. The van der Waals surface area contributed by atoms with Crippen LogP contribution < -0.4 is 4.74 Å². The fourth-order valence-electron chi connectivity index (χ4n) is 1.58. The lowest BCUT2D eigenvalue weighted by Gasteiger charge is -2.08. The minimum absolute atomic E-state index is 0.0752. The number of aromatic hydroxyl groups is 2. The summed E-state index contributed by atoms with van der Waals surface area (Å²) >= 11 is 0. The zero-order valence-electron chi connectivity index (χ0n) is 9.30. The Labute approximate surface area is 98.1 Å². The van der Waals surface area contributed by atoms with E-state index in [0.717, 1.165) is 0 Å². The Balaban J connectivity index is 2.54. The first-order valence-electron chi connectivity index (χ1n) is 5.27. The second kappa shape index (κ2) is 4.33. The summed E-state index contributed by atoms with van der Waals surface area (Å²) in [5.74, 6) is -0.374. The number of phenols is 2. The molecule has 0 aromatic heterocycles. The van der Waals surface area contributed by atoms with Gasteiger partial charge < -0.3 is 14.9 Å². The quantitative estimate of drug-likeness (QED) is 0.616. The first-order chi connectivity index (χ1) is 8.13. The number of carbonyl (C=O) groups is 1. The Kier molecular flexibility index (Phi) is 2.87. The minimum Gasteiger partial charge on any atom is -0.507 e. The van der Waals surface area contributed by atoms with E-state index in [1.807, 2.05) is 0 Å². The van der Waals surface area contributed by atoms with Crippen LogP contribution in [0.2, 0.25) is 0 Å². The number of fused-ring (bicyclic) bond motifs is 1. The van der Waals surface area contributed by atoms with Crippen molar-refractivity contribution in [2.45, 2.75) is 13.3 Å². The molecule has 0 aliphatic heterocycles. The van der Waals surface area contributed by atoms with Crippen LogP contribution in [-0.4, -0.2) is 16.2 Å². The highest BCUT2D eigenvalue weighted by Crippen LogP contribution is 2.37. The van der Waals surface area contributed by atoms with Gasteiger partial charge in [-0.25, -0.2) is 0 Å². The molecule has 0 heterocycles. The maximum absolute atomic E-state index is 11.2. The molecule has 2 rings (SSSR count). The number of hydrogen-bond acceptors (Lipinski definition) is 4. The monoisotopic (exact) mass is 232 g/mol. The van der Waals surface area contributed by atoms with Gasteiger partial charge in [-0.05, 0) is 18.2 Å².